The zero-order valence-corrected chi connectivity index (χ0v) is 37.5. The molecule has 10 heteroatoms. The lowest BCUT2D eigenvalue weighted by Crippen LogP contribution is -2.62. The van der Waals surface area contributed by atoms with Crippen molar-refractivity contribution in [3.05, 3.63) is 46.0 Å². The minimum absolute atomic E-state index is 0.00360. The van der Waals surface area contributed by atoms with Crippen molar-refractivity contribution >= 4 is 35.0 Å². The first-order valence-corrected chi connectivity index (χ1v) is 23.2. The van der Waals surface area contributed by atoms with E-state index < -0.39 is 29.7 Å². The second kappa shape index (κ2) is 15.9. The van der Waals surface area contributed by atoms with Crippen molar-refractivity contribution in [1.29, 1.82) is 0 Å². The monoisotopic (exact) mass is 836 g/mol. The Morgan fingerprint density at radius 1 is 0.932 bits per heavy atom. The van der Waals surface area contributed by atoms with Gasteiger partial charge in [0, 0.05) is 34.8 Å². The van der Waals surface area contributed by atoms with Crippen LogP contribution in [0, 0.1) is 74.9 Å². The van der Waals surface area contributed by atoms with Gasteiger partial charge in [0.25, 0.3) is 5.91 Å². The number of Topliss-reactive ketones (excluding diaryl/α,β-unsaturated/α-hetero) is 2. The first-order valence-electron chi connectivity index (χ1n) is 22.8. The predicted octanol–water partition coefficient (Wildman–Crippen LogP) is 9.62. The van der Waals surface area contributed by atoms with Gasteiger partial charge in [-0.15, -0.1) is 0 Å². The van der Waals surface area contributed by atoms with Gasteiger partial charge in [-0.05, 0) is 165 Å². The van der Waals surface area contributed by atoms with Crippen LogP contribution in [0.5, 0.6) is 0 Å². The molecular formula is C49H70ClFN2O6. The third kappa shape index (κ3) is 7.47. The summed E-state index contributed by atoms with van der Waals surface area (Å²) in [5.41, 5.74) is 2.69. The van der Waals surface area contributed by atoms with E-state index in [9.17, 15) is 29.4 Å². The van der Waals surface area contributed by atoms with Gasteiger partial charge in [0.05, 0.1) is 12.5 Å². The van der Waals surface area contributed by atoms with Crippen molar-refractivity contribution < 1.29 is 33.8 Å². The number of halogens is 2. The molecule has 0 aromatic heterocycles. The number of benzene rings is 1. The third-order valence-electron chi connectivity index (χ3n) is 18.2. The van der Waals surface area contributed by atoms with Crippen LogP contribution in [-0.2, 0) is 14.4 Å². The van der Waals surface area contributed by atoms with Gasteiger partial charge in [0.2, 0.25) is 5.79 Å². The Morgan fingerprint density at radius 2 is 1.61 bits per heavy atom. The summed E-state index contributed by atoms with van der Waals surface area (Å²) < 4.78 is 16.2. The Bertz CT molecular complexity index is 1860. The lowest BCUT2D eigenvalue weighted by atomic mass is 9.35. The van der Waals surface area contributed by atoms with Crippen molar-refractivity contribution in [3.8, 4) is 0 Å². The van der Waals surface area contributed by atoms with Crippen molar-refractivity contribution in [3.63, 3.8) is 0 Å². The maximum absolute atomic E-state index is 16.2. The average Bonchev–Trinajstić information content (AvgIpc) is 3.46. The molecule has 7 rings (SSSR count). The summed E-state index contributed by atoms with van der Waals surface area (Å²) in [5, 5.41) is 26.1. The molecule has 8 nitrogen and oxygen atoms in total. The molecule has 6 aliphatic carbocycles. The highest BCUT2D eigenvalue weighted by molar-refractivity contribution is 6.30. The van der Waals surface area contributed by atoms with E-state index in [4.69, 9.17) is 11.6 Å². The number of aliphatic carboxylic acids is 1. The summed E-state index contributed by atoms with van der Waals surface area (Å²) in [7, 11) is 0. The number of carboxylic acids is 1. The van der Waals surface area contributed by atoms with Crippen LogP contribution in [0.1, 0.15) is 143 Å². The van der Waals surface area contributed by atoms with Crippen molar-refractivity contribution in [2.75, 3.05) is 13.1 Å². The quantitative estimate of drug-likeness (QED) is 0.115. The van der Waals surface area contributed by atoms with Gasteiger partial charge < -0.3 is 20.8 Å². The highest BCUT2D eigenvalue weighted by Gasteiger charge is 2.66. The molecule has 0 aliphatic heterocycles. The fourth-order valence-corrected chi connectivity index (χ4v) is 15.0. The van der Waals surface area contributed by atoms with Crippen LogP contribution in [0.15, 0.2) is 35.4 Å². The molecule has 1 aromatic rings. The molecule has 6 aliphatic rings. The number of hydrogen-bond donors (Lipinski definition) is 4. The standard InChI is InChI=1S/C49H70ClFN2O6/c1-27(2)41-38(56)25-48(21-22-52-26-49(51,29(4)54)53-43(57)30-9-11-32(50)12-10-30)20-16-36-33(42(41)48)13-14-40-46(36,7)19-17-39-45(5,6)31(15-18-47(39,40)8)23-37(55)34-24-35(28(34)3)44(58)59/h9-12,27-29,31,33-36,39-40,52,54H,13-26H2,1-8H3,(H,53,57)(H,58,59). The summed E-state index contributed by atoms with van der Waals surface area (Å²) in [6.07, 6.45) is 9.40. The normalized spacial score (nSPS) is 38.9. The number of hydrogen-bond acceptors (Lipinski definition) is 6. The number of aliphatic hydroxyl groups excluding tert-OH is 1. The first kappa shape index (κ1) is 44.4. The average molecular weight is 838 g/mol. The number of ketones is 2. The smallest absolute Gasteiger partial charge is 0.306 e. The number of allylic oxidation sites excluding steroid dienone is 2. The summed E-state index contributed by atoms with van der Waals surface area (Å²) in [6.45, 7) is 17.7. The van der Waals surface area contributed by atoms with E-state index in [-0.39, 0.29) is 63.1 Å². The number of fused-ring (bicyclic) bond motifs is 7. The second-order valence-electron chi connectivity index (χ2n) is 21.6. The lowest BCUT2D eigenvalue weighted by molar-refractivity contribution is -0.193. The maximum atomic E-state index is 16.2. The summed E-state index contributed by atoms with van der Waals surface area (Å²) >= 11 is 5.98. The second-order valence-corrected chi connectivity index (χ2v) is 22.1. The molecule has 4 N–H and O–H groups in total. The summed E-state index contributed by atoms with van der Waals surface area (Å²) in [4.78, 5) is 52.2. The Hall–Kier alpha value is -2.62. The van der Waals surface area contributed by atoms with Crippen molar-refractivity contribution in [2.45, 2.75) is 144 Å². The van der Waals surface area contributed by atoms with Crippen LogP contribution < -0.4 is 10.6 Å². The molecule has 1 amide bonds. The van der Waals surface area contributed by atoms with E-state index in [1.165, 1.54) is 24.6 Å². The number of carboxylic acid groups (broad SMARTS) is 1. The number of nitrogens with one attached hydrogen (secondary N) is 2. The topological polar surface area (TPSA) is 133 Å². The molecule has 326 valence electrons. The minimum Gasteiger partial charge on any atom is -0.481 e. The summed E-state index contributed by atoms with van der Waals surface area (Å²) in [6, 6.07) is 6.18. The van der Waals surface area contributed by atoms with Crippen LogP contribution >= 0.6 is 11.6 Å². The fraction of sp³-hybridized carbons (Fsp3) is 0.755. The van der Waals surface area contributed by atoms with Gasteiger partial charge in [-0.2, -0.15) is 0 Å². The lowest BCUT2D eigenvalue weighted by Gasteiger charge is -2.69. The molecule has 13 unspecified atom stereocenters. The highest BCUT2D eigenvalue weighted by atomic mass is 35.5. The summed E-state index contributed by atoms with van der Waals surface area (Å²) in [5.74, 6) is -1.55. The number of amides is 1. The Morgan fingerprint density at radius 3 is 2.24 bits per heavy atom. The van der Waals surface area contributed by atoms with Crippen LogP contribution in [0.4, 0.5) is 4.39 Å². The number of rotatable bonds is 13. The number of alkyl halides is 1. The van der Waals surface area contributed by atoms with Crippen LogP contribution in [0.25, 0.3) is 0 Å². The van der Waals surface area contributed by atoms with Crippen LogP contribution in [0.2, 0.25) is 5.02 Å². The van der Waals surface area contributed by atoms with Crippen LogP contribution in [0.3, 0.4) is 0 Å². The van der Waals surface area contributed by atoms with Gasteiger partial charge in [-0.1, -0.05) is 65.6 Å². The molecule has 0 heterocycles. The van der Waals surface area contributed by atoms with E-state index in [0.717, 1.165) is 56.9 Å². The number of carbonyl (C=O) groups is 4. The van der Waals surface area contributed by atoms with Gasteiger partial charge in [0.1, 0.15) is 11.9 Å². The molecular weight excluding hydrogens is 767 g/mol. The zero-order valence-electron chi connectivity index (χ0n) is 36.8. The van der Waals surface area contributed by atoms with E-state index in [1.807, 2.05) is 6.92 Å². The van der Waals surface area contributed by atoms with E-state index in [2.05, 4.69) is 52.2 Å². The highest BCUT2D eigenvalue weighted by Crippen LogP contribution is 2.74. The van der Waals surface area contributed by atoms with Gasteiger partial charge >= 0.3 is 5.97 Å². The molecule has 5 fully saturated rings. The Labute approximate surface area is 356 Å². The van der Waals surface area contributed by atoms with E-state index in [0.29, 0.717) is 66.8 Å². The zero-order chi connectivity index (χ0) is 43.0. The predicted molar refractivity (Wildman–Crippen MR) is 228 cm³/mol. The number of aliphatic hydroxyl groups is 1. The Kier molecular flexibility index (Phi) is 12.0. The van der Waals surface area contributed by atoms with Gasteiger partial charge in [-0.3, -0.25) is 19.2 Å². The molecule has 0 spiro atoms. The van der Waals surface area contributed by atoms with Crippen molar-refractivity contribution in [2.24, 2.45) is 74.9 Å². The van der Waals surface area contributed by atoms with E-state index in [1.54, 1.807) is 12.1 Å². The molecule has 5 saturated carbocycles. The van der Waals surface area contributed by atoms with Gasteiger partial charge in [0.15, 0.2) is 5.78 Å². The van der Waals surface area contributed by atoms with Gasteiger partial charge in [-0.25, -0.2) is 4.39 Å². The Balaban J connectivity index is 1.05. The molecule has 59 heavy (non-hydrogen) atoms. The minimum atomic E-state index is -2.40. The molecule has 0 radical (unpaired) electrons. The molecule has 1 aromatic carbocycles. The van der Waals surface area contributed by atoms with Crippen LogP contribution in [-0.4, -0.2) is 58.6 Å². The third-order valence-corrected chi connectivity index (χ3v) is 18.4. The molecule has 13 atom stereocenters. The molecule has 0 bridgehead atoms. The first-order chi connectivity index (χ1) is 27.6. The van der Waals surface area contributed by atoms with Crippen molar-refractivity contribution in [1.82, 2.24) is 10.6 Å². The molecule has 0 saturated heterocycles. The maximum Gasteiger partial charge on any atom is 0.306 e. The number of carbonyl (C=O) groups excluding carboxylic acids is 3. The largest absolute Gasteiger partial charge is 0.481 e. The fourth-order valence-electron chi connectivity index (χ4n) is 14.9. The van der Waals surface area contributed by atoms with E-state index >= 15 is 4.39 Å². The SMILES string of the molecule is CC(C)C1=C2C3CCC4C(C)(CCC5C(C)(C)C(CC(=O)C6CC(C(=O)O)C6C)CCC54C)C3CCC2(CCNCC(F)(NC(=O)c2ccc(Cl)cc2)C(C)O)CC1=O.